The number of benzene rings is 1. The van der Waals surface area contributed by atoms with E-state index in [9.17, 15) is 8.78 Å². The van der Waals surface area contributed by atoms with Gasteiger partial charge in [-0.05, 0) is 55.8 Å². The lowest BCUT2D eigenvalue weighted by atomic mass is 9.91. The lowest BCUT2D eigenvalue weighted by molar-refractivity contribution is 0.105. The van der Waals surface area contributed by atoms with Crippen molar-refractivity contribution in [3.63, 3.8) is 0 Å². The molecule has 4 heteroatoms. The summed E-state index contributed by atoms with van der Waals surface area (Å²) in [5.41, 5.74) is 0.611. The second-order valence-electron chi connectivity index (χ2n) is 5.78. The van der Waals surface area contributed by atoms with Crippen LogP contribution in [0.4, 0.5) is 8.78 Å². The molecule has 1 aromatic carbocycles. The Balaban J connectivity index is 1.77. The third-order valence-electron chi connectivity index (χ3n) is 4.57. The van der Waals surface area contributed by atoms with Gasteiger partial charge in [-0.3, -0.25) is 4.90 Å². The molecule has 104 valence electrons. The van der Waals surface area contributed by atoms with Crippen molar-refractivity contribution in [2.75, 3.05) is 6.54 Å². The van der Waals surface area contributed by atoms with Gasteiger partial charge in [0, 0.05) is 12.6 Å². The summed E-state index contributed by atoms with van der Waals surface area (Å²) in [6, 6.07) is 3.07. The number of aromatic hydroxyl groups is 1. The Morgan fingerprint density at radius 3 is 2.53 bits per heavy atom. The number of hydrogen-bond donors (Lipinski definition) is 1. The summed E-state index contributed by atoms with van der Waals surface area (Å²) in [5.74, 6) is -1.84. The molecule has 0 spiro atoms. The first-order chi connectivity index (χ1) is 9.15. The van der Waals surface area contributed by atoms with Crippen LogP contribution < -0.4 is 0 Å². The van der Waals surface area contributed by atoms with Gasteiger partial charge in [0.25, 0.3) is 0 Å². The molecule has 1 aliphatic heterocycles. The van der Waals surface area contributed by atoms with Crippen molar-refractivity contribution in [3.8, 4) is 5.75 Å². The molecule has 2 aliphatic rings. The molecule has 1 saturated carbocycles. The number of piperidine rings is 1. The van der Waals surface area contributed by atoms with Gasteiger partial charge in [-0.25, -0.2) is 8.78 Å². The summed E-state index contributed by atoms with van der Waals surface area (Å²) in [6.07, 6.45) is 6.22. The van der Waals surface area contributed by atoms with Crippen molar-refractivity contribution in [1.29, 1.82) is 0 Å². The molecule has 0 radical (unpaired) electrons. The molecule has 2 nitrogen and oxygen atoms in total. The molecule has 1 saturated heterocycles. The van der Waals surface area contributed by atoms with Gasteiger partial charge in [-0.15, -0.1) is 0 Å². The largest absolute Gasteiger partial charge is 0.503 e. The highest BCUT2D eigenvalue weighted by molar-refractivity contribution is 5.30. The number of hydrogen-bond acceptors (Lipinski definition) is 2. The van der Waals surface area contributed by atoms with Crippen LogP contribution in [-0.4, -0.2) is 22.6 Å². The zero-order chi connectivity index (χ0) is 13.4. The zero-order valence-corrected chi connectivity index (χ0v) is 10.9. The molecule has 1 heterocycles. The fourth-order valence-corrected chi connectivity index (χ4v) is 3.70. The fourth-order valence-electron chi connectivity index (χ4n) is 3.70. The smallest absolute Gasteiger partial charge is 0.187 e. The van der Waals surface area contributed by atoms with Crippen molar-refractivity contribution in [1.82, 2.24) is 4.90 Å². The summed E-state index contributed by atoms with van der Waals surface area (Å²) in [6.45, 7) is 1.58. The van der Waals surface area contributed by atoms with Gasteiger partial charge in [0.05, 0.1) is 0 Å². The first-order valence-corrected chi connectivity index (χ1v) is 7.06. The molecule has 2 atom stereocenters. The lowest BCUT2D eigenvalue weighted by Gasteiger charge is -2.37. The monoisotopic (exact) mass is 267 g/mol. The molecule has 0 amide bonds. The Labute approximate surface area is 112 Å². The van der Waals surface area contributed by atoms with E-state index < -0.39 is 17.4 Å². The predicted molar refractivity (Wildman–Crippen MR) is 68.8 cm³/mol. The molecule has 2 fully saturated rings. The van der Waals surface area contributed by atoms with E-state index in [0.717, 1.165) is 12.5 Å². The van der Waals surface area contributed by atoms with Crippen molar-refractivity contribution in [2.45, 2.75) is 44.7 Å². The number of phenolic OH excluding ortho intramolecular Hbond substituents is 1. The predicted octanol–water partition coefficient (Wildman–Crippen LogP) is 3.43. The molecular formula is C15H19F2NO. The van der Waals surface area contributed by atoms with E-state index >= 15 is 0 Å². The number of fused-ring (bicyclic) bond motifs is 1. The molecule has 0 aromatic heterocycles. The molecule has 0 bridgehead atoms. The summed E-state index contributed by atoms with van der Waals surface area (Å²) in [4.78, 5) is 2.35. The van der Waals surface area contributed by atoms with Crippen LogP contribution in [0.5, 0.6) is 5.75 Å². The summed E-state index contributed by atoms with van der Waals surface area (Å²) in [5, 5.41) is 9.12. The van der Waals surface area contributed by atoms with E-state index in [0.29, 0.717) is 18.2 Å². The minimum atomic E-state index is -0.874. The Morgan fingerprint density at radius 1 is 1.11 bits per heavy atom. The van der Waals surface area contributed by atoms with Crippen molar-refractivity contribution < 1.29 is 13.9 Å². The molecule has 19 heavy (non-hydrogen) atoms. The van der Waals surface area contributed by atoms with Gasteiger partial charge >= 0.3 is 0 Å². The Bertz CT molecular complexity index is 454. The third kappa shape index (κ3) is 2.46. The number of likely N-dealkylation sites (tertiary alicyclic amines) is 1. The number of nitrogens with zero attached hydrogens (tertiary/aromatic N) is 1. The normalized spacial score (nSPS) is 27.5. The SMILES string of the molecule is Oc1c(F)cc(CN2CCCC3CCCC32)cc1F. The molecule has 1 N–H and O–H groups in total. The maximum Gasteiger partial charge on any atom is 0.187 e. The van der Waals surface area contributed by atoms with Crippen LogP contribution in [0.2, 0.25) is 0 Å². The topological polar surface area (TPSA) is 23.5 Å². The van der Waals surface area contributed by atoms with Crippen LogP contribution in [0.25, 0.3) is 0 Å². The van der Waals surface area contributed by atoms with E-state index in [2.05, 4.69) is 4.90 Å². The van der Waals surface area contributed by atoms with Gasteiger partial charge < -0.3 is 5.11 Å². The summed E-state index contributed by atoms with van der Waals surface area (Å²) < 4.78 is 26.7. The van der Waals surface area contributed by atoms with Crippen LogP contribution in [0.3, 0.4) is 0 Å². The molecular weight excluding hydrogens is 248 g/mol. The number of halogens is 2. The van der Waals surface area contributed by atoms with Crippen LogP contribution in [0, 0.1) is 17.6 Å². The quantitative estimate of drug-likeness (QED) is 0.887. The van der Waals surface area contributed by atoms with Crippen LogP contribution in [0.1, 0.15) is 37.7 Å². The van der Waals surface area contributed by atoms with Crippen LogP contribution in [0.15, 0.2) is 12.1 Å². The second-order valence-corrected chi connectivity index (χ2v) is 5.78. The third-order valence-corrected chi connectivity index (χ3v) is 4.57. The molecule has 3 rings (SSSR count). The second kappa shape index (κ2) is 5.08. The molecule has 1 aromatic rings. The van der Waals surface area contributed by atoms with Gasteiger partial charge in [0.2, 0.25) is 0 Å². The van der Waals surface area contributed by atoms with Crippen molar-refractivity contribution in [3.05, 3.63) is 29.3 Å². The minimum absolute atomic E-state index is 0.577. The van der Waals surface area contributed by atoms with Crippen LogP contribution >= 0.6 is 0 Å². The highest BCUT2D eigenvalue weighted by atomic mass is 19.1. The first-order valence-electron chi connectivity index (χ1n) is 7.06. The molecule has 2 unspecified atom stereocenters. The van der Waals surface area contributed by atoms with Crippen molar-refractivity contribution >= 4 is 0 Å². The minimum Gasteiger partial charge on any atom is -0.503 e. The van der Waals surface area contributed by atoms with Crippen molar-refractivity contribution in [2.24, 2.45) is 5.92 Å². The lowest BCUT2D eigenvalue weighted by Crippen LogP contribution is -2.41. The first kappa shape index (κ1) is 12.9. The summed E-state index contributed by atoms with van der Waals surface area (Å²) in [7, 11) is 0. The van der Waals surface area contributed by atoms with E-state index in [1.54, 1.807) is 0 Å². The maximum absolute atomic E-state index is 13.4. The van der Waals surface area contributed by atoms with E-state index in [-0.39, 0.29) is 0 Å². The van der Waals surface area contributed by atoms with Crippen LogP contribution in [-0.2, 0) is 6.54 Å². The van der Waals surface area contributed by atoms with E-state index in [4.69, 9.17) is 5.11 Å². The number of phenols is 1. The van der Waals surface area contributed by atoms with E-state index in [1.165, 1.54) is 44.2 Å². The Morgan fingerprint density at radius 2 is 1.79 bits per heavy atom. The maximum atomic E-state index is 13.4. The highest BCUT2D eigenvalue weighted by Crippen LogP contribution is 2.37. The Hall–Kier alpha value is -1.16. The molecule has 1 aliphatic carbocycles. The number of rotatable bonds is 2. The average Bonchev–Trinajstić information content (AvgIpc) is 2.85. The fraction of sp³-hybridized carbons (Fsp3) is 0.600. The standard InChI is InChI=1S/C15H19F2NO/c16-12-7-10(8-13(17)15(12)19)9-18-6-2-4-11-3-1-5-14(11)18/h7-8,11,14,19H,1-6,9H2. The zero-order valence-electron chi connectivity index (χ0n) is 10.9. The summed E-state index contributed by atoms with van der Waals surface area (Å²) >= 11 is 0. The van der Waals surface area contributed by atoms with Gasteiger partial charge in [-0.2, -0.15) is 0 Å². The highest BCUT2D eigenvalue weighted by Gasteiger charge is 2.34. The van der Waals surface area contributed by atoms with Gasteiger partial charge in [0.15, 0.2) is 17.4 Å². The van der Waals surface area contributed by atoms with E-state index in [1.807, 2.05) is 0 Å². The average molecular weight is 267 g/mol. The Kier molecular flexibility index (Phi) is 3.44. The van der Waals surface area contributed by atoms with Gasteiger partial charge in [-0.1, -0.05) is 6.42 Å². The van der Waals surface area contributed by atoms with Gasteiger partial charge in [0.1, 0.15) is 0 Å².